The van der Waals surface area contributed by atoms with Crippen molar-refractivity contribution in [1.29, 1.82) is 0 Å². The van der Waals surface area contributed by atoms with Crippen LogP contribution in [0.2, 0.25) is 0 Å². The molecule has 1 fully saturated rings. The van der Waals surface area contributed by atoms with Gasteiger partial charge in [0.15, 0.2) is 0 Å². The summed E-state index contributed by atoms with van der Waals surface area (Å²) in [5, 5.41) is 3.41. The first-order valence-corrected chi connectivity index (χ1v) is 3.45. The fraction of sp³-hybridized carbons (Fsp3) is 0.857. The zero-order chi connectivity index (χ0) is 7.11. The Kier molecular flexibility index (Phi) is 5.52. The molecule has 1 atom stereocenters. The number of carbonyl (C=O) groups is 1. The average Bonchev–Trinajstić information content (AvgIpc) is 2.43. The van der Waals surface area contributed by atoms with Gasteiger partial charge in [-0.1, -0.05) is 6.92 Å². The standard InChI is InChI=1S/C6H13N.CH2O/c1-2-6-4-3-5-7-6;1-2/h6-7H,2-5H2,1H3;1H2. The van der Waals surface area contributed by atoms with E-state index in [1.54, 1.807) is 0 Å². The van der Waals surface area contributed by atoms with Gasteiger partial charge >= 0.3 is 0 Å². The molecule has 9 heavy (non-hydrogen) atoms. The van der Waals surface area contributed by atoms with E-state index in [-0.39, 0.29) is 0 Å². The molecular weight excluding hydrogens is 114 g/mol. The van der Waals surface area contributed by atoms with Gasteiger partial charge in [0.1, 0.15) is 6.79 Å². The molecule has 1 N–H and O–H groups in total. The molecule has 1 heterocycles. The lowest BCUT2D eigenvalue weighted by Crippen LogP contribution is -2.19. The van der Waals surface area contributed by atoms with Crippen molar-refractivity contribution >= 4 is 6.79 Å². The van der Waals surface area contributed by atoms with E-state index in [0.29, 0.717) is 0 Å². The molecule has 0 aromatic heterocycles. The van der Waals surface area contributed by atoms with Crippen molar-refractivity contribution in [1.82, 2.24) is 5.32 Å². The van der Waals surface area contributed by atoms with Gasteiger partial charge in [0, 0.05) is 6.04 Å². The van der Waals surface area contributed by atoms with Crippen molar-refractivity contribution in [3.63, 3.8) is 0 Å². The van der Waals surface area contributed by atoms with Crippen molar-refractivity contribution in [3.05, 3.63) is 0 Å². The van der Waals surface area contributed by atoms with Crippen molar-refractivity contribution in [2.45, 2.75) is 32.2 Å². The molecule has 0 spiro atoms. The topological polar surface area (TPSA) is 29.1 Å². The zero-order valence-corrected chi connectivity index (χ0v) is 6.02. The van der Waals surface area contributed by atoms with E-state index in [1.807, 2.05) is 6.79 Å². The molecule has 0 bridgehead atoms. The first-order valence-electron chi connectivity index (χ1n) is 3.45. The smallest absolute Gasteiger partial charge is 0.106 e. The number of rotatable bonds is 1. The molecule has 0 aromatic rings. The van der Waals surface area contributed by atoms with E-state index < -0.39 is 0 Å². The number of hydrogen-bond acceptors (Lipinski definition) is 2. The maximum absolute atomic E-state index is 8.00. The Morgan fingerprint density at radius 2 is 2.33 bits per heavy atom. The maximum Gasteiger partial charge on any atom is 0.106 e. The molecule has 1 aliphatic heterocycles. The third-order valence-corrected chi connectivity index (χ3v) is 1.66. The normalized spacial score (nSPS) is 24.8. The highest BCUT2D eigenvalue weighted by atomic mass is 16.1. The average molecular weight is 129 g/mol. The van der Waals surface area contributed by atoms with Gasteiger partial charge in [-0.3, -0.25) is 0 Å². The Hall–Kier alpha value is -0.370. The first-order chi connectivity index (χ1) is 4.43. The van der Waals surface area contributed by atoms with Crippen LogP contribution in [0, 0.1) is 0 Å². The molecule has 0 aliphatic carbocycles. The van der Waals surface area contributed by atoms with Crippen LogP contribution in [-0.2, 0) is 4.79 Å². The summed E-state index contributed by atoms with van der Waals surface area (Å²) < 4.78 is 0. The molecule has 1 saturated heterocycles. The van der Waals surface area contributed by atoms with Crippen molar-refractivity contribution in [2.24, 2.45) is 0 Å². The highest BCUT2D eigenvalue weighted by Crippen LogP contribution is 2.06. The fourth-order valence-corrected chi connectivity index (χ4v) is 1.11. The van der Waals surface area contributed by atoms with Gasteiger partial charge in [0.2, 0.25) is 0 Å². The van der Waals surface area contributed by atoms with Gasteiger partial charge in [-0.15, -0.1) is 0 Å². The van der Waals surface area contributed by atoms with Crippen LogP contribution in [0.25, 0.3) is 0 Å². The van der Waals surface area contributed by atoms with E-state index in [0.717, 1.165) is 6.04 Å². The lowest BCUT2D eigenvalue weighted by atomic mass is 10.2. The van der Waals surface area contributed by atoms with Crippen LogP contribution in [0.3, 0.4) is 0 Å². The van der Waals surface area contributed by atoms with Crippen molar-refractivity contribution < 1.29 is 4.79 Å². The Morgan fingerprint density at radius 3 is 2.56 bits per heavy atom. The number of hydrogen-bond donors (Lipinski definition) is 1. The SMILES string of the molecule is C=O.CCC1CCCN1. The second-order valence-corrected chi connectivity index (χ2v) is 2.20. The fourth-order valence-electron chi connectivity index (χ4n) is 1.11. The second kappa shape index (κ2) is 5.76. The Bertz CT molecular complexity index is 59.9. The highest BCUT2D eigenvalue weighted by molar-refractivity contribution is 5.10. The summed E-state index contributed by atoms with van der Waals surface area (Å²) in [7, 11) is 0. The summed E-state index contributed by atoms with van der Waals surface area (Å²) in [6.45, 7) is 5.49. The highest BCUT2D eigenvalue weighted by Gasteiger charge is 2.09. The van der Waals surface area contributed by atoms with Gasteiger partial charge < -0.3 is 10.1 Å². The molecular formula is C7H15NO. The van der Waals surface area contributed by atoms with Gasteiger partial charge in [-0.05, 0) is 25.8 Å². The molecule has 54 valence electrons. The minimum Gasteiger partial charge on any atom is -0.314 e. The predicted molar refractivity (Wildman–Crippen MR) is 38.4 cm³/mol. The van der Waals surface area contributed by atoms with Crippen molar-refractivity contribution in [2.75, 3.05) is 6.54 Å². The minimum atomic E-state index is 0.847. The lowest BCUT2D eigenvalue weighted by molar-refractivity contribution is -0.0979. The van der Waals surface area contributed by atoms with Crippen LogP contribution in [0.1, 0.15) is 26.2 Å². The number of nitrogens with one attached hydrogen (secondary N) is 1. The molecule has 2 heteroatoms. The Labute approximate surface area is 56.6 Å². The van der Waals surface area contributed by atoms with Crippen LogP contribution in [0.5, 0.6) is 0 Å². The third-order valence-electron chi connectivity index (χ3n) is 1.66. The van der Waals surface area contributed by atoms with Crippen LogP contribution >= 0.6 is 0 Å². The quantitative estimate of drug-likeness (QED) is 0.571. The van der Waals surface area contributed by atoms with Crippen LogP contribution in [0.15, 0.2) is 0 Å². The van der Waals surface area contributed by atoms with Gasteiger partial charge in [0.25, 0.3) is 0 Å². The number of carbonyl (C=O) groups excluding carboxylic acids is 1. The van der Waals surface area contributed by atoms with Gasteiger partial charge in [0.05, 0.1) is 0 Å². The summed E-state index contributed by atoms with van der Waals surface area (Å²) in [5.74, 6) is 0. The molecule has 1 rings (SSSR count). The van der Waals surface area contributed by atoms with E-state index in [1.165, 1.54) is 25.8 Å². The minimum absolute atomic E-state index is 0.847. The summed E-state index contributed by atoms with van der Waals surface area (Å²) in [6, 6.07) is 0.847. The van der Waals surface area contributed by atoms with Crippen LogP contribution in [0.4, 0.5) is 0 Å². The first kappa shape index (κ1) is 8.63. The summed E-state index contributed by atoms with van der Waals surface area (Å²) in [6.07, 6.45) is 4.09. The van der Waals surface area contributed by atoms with Gasteiger partial charge in [-0.2, -0.15) is 0 Å². The molecule has 0 aromatic carbocycles. The van der Waals surface area contributed by atoms with Crippen LogP contribution < -0.4 is 5.32 Å². The Morgan fingerprint density at radius 1 is 1.67 bits per heavy atom. The molecule has 0 amide bonds. The van der Waals surface area contributed by atoms with Gasteiger partial charge in [-0.25, -0.2) is 0 Å². The monoisotopic (exact) mass is 129 g/mol. The zero-order valence-electron chi connectivity index (χ0n) is 6.02. The maximum atomic E-state index is 8.00. The second-order valence-electron chi connectivity index (χ2n) is 2.20. The van der Waals surface area contributed by atoms with E-state index in [4.69, 9.17) is 4.79 Å². The largest absolute Gasteiger partial charge is 0.314 e. The molecule has 2 nitrogen and oxygen atoms in total. The molecule has 1 unspecified atom stereocenters. The van der Waals surface area contributed by atoms with Crippen molar-refractivity contribution in [3.8, 4) is 0 Å². The van der Waals surface area contributed by atoms with E-state index in [9.17, 15) is 0 Å². The van der Waals surface area contributed by atoms with E-state index in [2.05, 4.69) is 12.2 Å². The molecule has 0 radical (unpaired) electrons. The summed E-state index contributed by atoms with van der Waals surface area (Å²) >= 11 is 0. The summed E-state index contributed by atoms with van der Waals surface area (Å²) in [5.41, 5.74) is 0. The lowest BCUT2D eigenvalue weighted by Gasteiger charge is -2.02. The summed E-state index contributed by atoms with van der Waals surface area (Å²) in [4.78, 5) is 8.00. The molecule has 1 aliphatic rings. The third kappa shape index (κ3) is 3.25. The Balaban J connectivity index is 0.000000291. The molecule has 0 saturated carbocycles. The van der Waals surface area contributed by atoms with Crippen LogP contribution in [-0.4, -0.2) is 19.4 Å². The van der Waals surface area contributed by atoms with E-state index >= 15 is 0 Å². The predicted octanol–water partition coefficient (Wildman–Crippen LogP) is 0.964.